The fourth-order valence-corrected chi connectivity index (χ4v) is 4.33. The Morgan fingerprint density at radius 1 is 0.973 bits per heavy atom. The molecule has 0 fully saturated rings. The minimum absolute atomic E-state index is 0.0319. The number of aromatic nitrogens is 3. The van der Waals surface area contributed by atoms with Crippen molar-refractivity contribution >= 4 is 23.4 Å². The molecule has 0 spiro atoms. The molecule has 2 unspecified atom stereocenters. The number of nitrogens with zero attached hydrogens (tertiary/aromatic N) is 3. The number of carbonyl (C=O) groups is 1. The summed E-state index contributed by atoms with van der Waals surface area (Å²) in [6.07, 6.45) is -5.22. The Labute approximate surface area is 214 Å². The van der Waals surface area contributed by atoms with E-state index in [0.717, 1.165) is 23.9 Å². The first-order chi connectivity index (χ1) is 17.6. The summed E-state index contributed by atoms with van der Waals surface area (Å²) in [5, 5.41) is 10.6. The highest BCUT2D eigenvalue weighted by molar-refractivity contribution is 8.00. The minimum Gasteiger partial charge on any atom is -0.480 e. The van der Waals surface area contributed by atoms with Gasteiger partial charge in [0, 0.05) is 11.4 Å². The Morgan fingerprint density at radius 3 is 2.38 bits per heavy atom. The normalized spacial score (nSPS) is 13.1. The lowest BCUT2D eigenvalue weighted by atomic mass is 10.2. The highest BCUT2D eigenvalue weighted by Gasteiger charge is 2.31. The topological polar surface area (TPSA) is 69.0 Å². The number of anilines is 1. The van der Waals surface area contributed by atoms with Crippen LogP contribution in [0.1, 0.15) is 31.3 Å². The average Bonchev–Trinajstić information content (AvgIpc) is 3.29. The van der Waals surface area contributed by atoms with Gasteiger partial charge in [0.2, 0.25) is 5.91 Å². The number of amides is 1. The maximum Gasteiger partial charge on any atom is 0.416 e. The van der Waals surface area contributed by atoms with E-state index in [1.165, 1.54) is 24.3 Å². The van der Waals surface area contributed by atoms with Crippen LogP contribution in [0.5, 0.6) is 5.75 Å². The van der Waals surface area contributed by atoms with Gasteiger partial charge in [-0.15, -0.1) is 10.2 Å². The summed E-state index contributed by atoms with van der Waals surface area (Å²) >= 11 is 1.08. The molecule has 192 valence electrons. The van der Waals surface area contributed by atoms with Crippen LogP contribution in [0, 0.1) is 5.82 Å². The number of halogens is 4. The predicted molar refractivity (Wildman–Crippen MR) is 132 cm³/mol. The van der Waals surface area contributed by atoms with Crippen LogP contribution in [0.3, 0.4) is 0 Å². The molecule has 37 heavy (non-hydrogen) atoms. The number of alkyl halides is 3. The summed E-state index contributed by atoms with van der Waals surface area (Å²) in [5.74, 6) is -0.596. The summed E-state index contributed by atoms with van der Waals surface area (Å²) in [7, 11) is 0. The third kappa shape index (κ3) is 6.29. The van der Waals surface area contributed by atoms with Gasteiger partial charge in [0.05, 0.1) is 10.8 Å². The van der Waals surface area contributed by atoms with Gasteiger partial charge >= 0.3 is 6.18 Å². The largest absolute Gasteiger partial charge is 0.480 e. The van der Waals surface area contributed by atoms with E-state index in [1.54, 1.807) is 30.5 Å². The van der Waals surface area contributed by atoms with Crippen LogP contribution in [0.25, 0.3) is 5.69 Å². The standard InChI is InChI=1S/C26H22F4N4O2S/c1-16(36-22-14-7-6-13-21(22)27)23-32-33-25(34(23)20-11-4-3-5-12-20)37-17(2)24(35)31-19-10-8-9-18(15-19)26(28,29)30/h3-17H,1-2H3,(H,31,35). The number of rotatable bonds is 8. The van der Waals surface area contributed by atoms with Crippen molar-refractivity contribution in [3.63, 3.8) is 0 Å². The van der Waals surface area contributed by atoms with Crippen LogP contribution in [-0.4, -0.2) is 25.9 Å². The molecule has 6 nitrogen and oxygen atoms in total. The van der Waals surface area contributed by atoms with Gasteiger partial charge in [0.15, 0.2) is 28.7 Å². The molecule has 0 saturated heterocycles. The van der Waals surface area contributed by atoms with E-state index in [4.69, 9.17) is 4.74 Å². The molecule has 1 amide bonds. The van der Waals surface area contributed by atoms with Crippen LogP contribution >= 0.6 is 11.8 Å². The van der Waals surface area contributed by atoms with Gasteiger partial charge in [-0.2, -0.15) is 13.2 Å². The number of nitrogens with one attached hydrogen (secondary N) is 1. The van der Waals surface area contributed by atoms with E-state index in [0.29, 0.717) is 16.7 Å². The number of carbonyl (C=O) groups excluding carboxylic acids is 1. The minimum atomic E-state index is -4.52. The fraction of sp³-hybridized carbons (Fsp3) is 0.192. The van der Waals surface area contributed by atoms with E-state index < -0.39 is 34.8 Å². The van der Waals surface area contributed by atoms with E-state index in [-0.39, 0.29) is 11.4 Å². The van der Waals surface area contributed by atoms with Crippen molar-refractivity contribution in [1.29, 1.82) is 0 Å². The summed E-state index contributed by atoms with van der Waals surface area (Å²) in [5.41, 5.74) is -0.133. The molecule has 1 aromatic heterocycles. The predicted octanol–water partition coefficient (Wildman–Crippen LogP) is 6.68. The van der Waals surface area contributed by atoms with Crippen LogP contribution in [0.4, 0.5) is 23.2 Å². The van der Waals surface area contributed by atoms with Gasteiger partial charge in [-0.25, -0.2) is 4.39 Å². The van der Waals surface area contributed by atoms with Crippen LogP contribution in [0.2, 0.25) is 0 Å². The number of hydrogen-bond acceptors (Lipinski definition) is 5. The fourth-order valence-electron chi connectivity index (χ4n) is 3.45. The summed E-state index contributed by atoms with van der Waals surface area (Å²) in [6, 6.07) is 19.5. The van der Waals surface area contributed by atoms with Crippen molar-refractivity contribution in [2.24, 2.45) is 0 Å². The maximum atomic E-state index is 14.1. The van der Waals surface area contributed by atoms with Crippen molar-refractivity contribution < 1.29 is 27.1 Å². The third-order valence-corrected chi connectivity index (χ3v) is 6.33. The van der Waals surface area contributed by atoms with E-state index in [9.17, 15) is 22.4 Å². The number of ether oxygens (including phenoxy) is 1. The molecule has 0 saturated carbocycles. The van der Waals surface area contributed by atoms with Crippen molar-refractivity contribution in [2.45, 2.75) is 36.5 Å². The van der Waals surface area contributed by atoms with Gasteiger partial charge in [0.25, 0.3) is 0 Å². The van der Waals surface area contributed by atoms with Gasteiger partial charge in [-0.1, -0.05) is 48.2 Å². The zero-order valence-electron chi connectivity index (χ0n) is 19.7. The third-order valence-electron chi connectivity index (χ3n) is 5.29. The molecule has 0 aliphatic heterocycles. The molecule has 4 rings (SSSR count). The average molecular weight is 531 g/mol. The first-order valence-corrected chi connectivity index (χ1v) is 12.1. The summed E-state index contributed by atoms with van der Waals surface area (Å²) in [6.45, 7) is 3.31. The monoisotopic (exact) mass is 530 g/mol. The molecule has 2 atom stereocenters. The first kappa shape index (κ1) is 26.2. The Hall–Kier alpha value is -3.86. The highest BCUT2D eigenvalue weighted by Crippen LogP contribution is 2.32. The number of para-hydroxylation sites is 2. The molecule has 4 aromatic rings. The maximum absolute atomic E-state index is 14.1. The summed E-state index contributed by atoms with van der Waals surface area (Å²) in [4.78, 5) is 12.8. The zero-order chi connectivity index (χ0) is 26.6. The van der Waals surface area contributed by atoms with Crippen LogP contribution in [-0.2, 0) is 11.0 Å². The van der Waals surface area contributed by atoms with Crippen molar-refractivity contribution in [1.82, 2.24) is 14.8 Å². The SMILES string of the molecule is CC(Sc1nnc(C(C)Oc2ccccc2F)n1-c1ccccc1)C(=O)Nc1cccc(C(F)(F)F)c1. The zero-order valence-corrected chi connectivity index (χ0v) is 20.6. The lowest BCUT2D eigenvalue weighted by Crippen LogP contribution is -2.23. The summed E-state index contributed by atoms with van der Waals surface area (Å²) < 4.78 is 60.7. The molecule has 1 N–H and O–H groups in total. The molecule has 11 heteroatoms. The van der Waals surface area contributed by atoms with Crippen molar-refractivity contribution in [2.75, 3.05) is 5.32 Å². The second-order valence-electron chi connectivity index (χ2n) is 8.03. The Kier molecular flexibility index (Phi) is 7.82. The molecule has 3 aromatic carbocycles. The van der Waals surface area contributed by atoms with E-state index in [1.807, 2.05) is 30.3 Å². The van der Waals surface area contributed by atoms with Gasteiger partial charge < -0.3 is 10.1 Å². The molecule has 0 aliphatic rings. The molecule has 0 aliphatic carbocycles. The highest BCUT2D eigenvalue weighted by atomic mass is 32.2. The number of thioether (sulfide) groups is 1. The molecule has 0 bridgehead atoms. The molecule has 0 radical (unpaired) electrons. The number of benzene rings is 3. The Balaban J connectivity index is 1.57. The Bertz CT molecular complexity index is 1380. The van der Waals surface area contributed by atoms with Gasteiger partial charge in [-0.3, -0.25) is 9.36 Å². The second-order valence-corrected chi connectivity index (χ2v) is 9.34. The lowest BCUT2D eigenvalue weighted by Gasteiger charge is -2.18. The Morgan fingerprint density at radius 2 is 1.68 bits per heavy atom. The number of hydrogen-bond donors (Lipinski definition) is 1. The molecular weight excluding hydrogens is 508 g/mol. The molecular formula is C26H22F4N4O2S. The van der Waals surface area contributed by atoms with E-state index in [2.05, 4.69) is 15.5 Å². The lowest BCUT2D eigenvalue weighted by molar-refractivity contribution is -0.137. The van der Waals surface area contributed by atoms with E-state index >= 15 is 0 Å². The quantitative estimate of drug-likeness (QED) is 0.203. The van der Waals surface area contributed by atoms with Crippen LogP contribution < -0.4 is 10.1 Å². The van der Waals surface area contributed by atoms with Gasteiger partial charge in [-0.05, 0) is 56.3 Å². The first-order valence-electron chi connectivity index (χ1n) is 11.2. The smallest absolute Gasteiger partial charge is 0.416 e. The molecule has 1 heterocycles. The van der Waals surface area contributed by atoms with Crippen molar-refractivity contribution in [3.8, 4) is 11.4 Å². The van der Waals surface area contributed by atoms with Gasteiger partial charge in [0.1, 0.15) is 0 Å². The van der Waals surface area contributed by atoms with Crippen LogP contribution in [0.15, 0.2) is 84.0 Å². The second kappa shape index (κ2) is 11.0. The van der Waals surface area contributed by atoms with Crippen molar-refractivity contribution in [3.05, 3.63) is 96.1 Å².